The van der Waals surface area contributed by atoms with E-state index >= 15 is 0 Å². The van der Waals surface area contributed by atoms with Gasteiger partial charge in [-0.15, -0.1) is 0 Å². The van der Waals surface area contributed by atoms with Crippen molar-refractivity contribution in [1.82, 2.24) is 9.47 Å². The molecule has 4 atom stereocenters. The van der Waals surface area contributed by atoms with E-state index in [9.17, 15) is 4.79 Å². The zero-order valence-electron chi connectivity index (χ0n) is 18.1. The third-order valence-electron chi connectivity index (χ3n) is 7.00. The molecule has 3 unspecified atom stereocenters. The van der Waals surface area contributed by atoms with Gasteiger partial charge in [0.25, 0.3) is 0 Å². The van der Waals surface area contributed by atoms with E-state index in [-0.39, 0.29) is 52.0 Å². The van der Waals surface area contributed by atoms with Crippen LogP contribution in [0.3, 0.4) is 0 Å². The van der Waals surface area contributed by atoms with E-state index in [4.69, 9.17) is 9.47 Å². The van der Waals surface area contributed by atoms with Crippen LogP contribution in [-0.2, 0) is 67.6 Å². The van der Waals surface area contributed by atoms with Gasteiger partial charge in [0.2, 0.25) is 0 Å². The Morgan fingerprint density at radius 1 is 1.26 bits per heavy atom. The van der Waals surface area contributed by atoms with Crippen molar-refractivity contribution in [2.45, 2.75) is 37.8 Å². The van der Waals surface area contributed by atoms with Crippen LogP contribution in [0.25, 0.3) is 10.9 Å². The summed E-state index contributed by atoms with van der Waals surface area (Å²) in [5.74, 6) is 0.793. The van der Waals surface area contributed by atoms with Crippen molar-refractivity contribution in [3.05, 3.63) is 48.6 Å². The first-order chi connectivity index (χ1) is 13.7. The largest absolute Gasteiger partial charge is 0.525 e. The molecule has 168 valence electrons. The minimum atomic E-state index is -0.381. The van der Waals surface area contributed by atoms with Crippen LogP contribution in [0.5, 0.6) is 0 Å². The quantitative estimate of drug-likeness (QED) is 0.269. The molecule has 0 amide bonds. The molecule has 0 N–H and O–H groups in total. The molecule has 3 heterocycles. The van der Waals surface area contributed by atoms with Gasteiger partial charge in [-0.1, -0.05) is 37.0 Å². The first-order valence-electron chi connectivity index (χ1n) is 10.4. The molecule has 1 aliphatic carbocycles. The maximum absolute atomic E-state index is 11.8. The molecule has 2 radical (unpaired) electrons. The molecule has 8 heteroatoms. The van der Waals surface area contributed by atoms with Crippen molar-refractivity contribution in [3.63, 3.8) is 0 Å². The average Bonchev–Trinajstić information content (AvgIpc) is 3.00. The normalized spacial score (nSPS) is 26.8. The number of methoxy groups -OCH3 is 1. The second-order valence-electron chi connectivity index (χ2n) is 8.46. The summed E-state index contributed by atoms with van der Waals surface area (Å²) < 4.78 is 12.8. The Kier molecular flexibility index (Phi) is 8.48. The summed E-state index contributed by atoms with van der Waals surface area (Å²) in [4.78, 5) is 14.5. The van der Waals surface area contributed by atoms with Crippen molar-refractivity contribution >= 4 is 16.9 Å². The molecule has 2 aromatic rings. The minimum absolute atomic E-state index is 0. The van der Waals surface area contributed by atoms with Crippen molar-refractivity contribution in [2.75, 3.05) is 20.2 Å². The van der Waals surface area contributed by atoms with Crippen molar-refractivity contribution in [1.29, 1.82) is 0 Å². The van der Waals surface area contributed by atoms with Gasteiger partial charge in [-0.3, -0.25) is 16.1 Å². The van der Waals surface area contributed by atoms with Crippen LogP contribution >= 0.6 is 0 Å². The minimum Gasteiger partial charge on any atom is -0.525 e. The number of aromatic nitrogens is 1. The topological polar surface area (TPSA) is 43.7 Å². The molecule has 2 aliphatic heterocycles. The van der Waals surface area contributed by atoms with Crippen LogP contribution in [0.4, 0.5) is 0 Å². The Morgan fingerprint density at radius 3 is 2.81 bits per heavy atom. The Morgan fingerprint density at radius 2 is 2.03 bits per heavy atom. The summed E-state index contributed by atoms with van der Waals surface area (Å²) in [6.07, 6.45) is 6.50. The van der Waals surface area contributed by atoms with Crippen molar-refractivity contribution in [3.8, 4) is 0 Å². The van der Waals surface area contributed by atoms with E-state index in [1.165, 1.54) is 29.3 Å². The van der Waals surface area contributed by atoms with Gasteiger partial charge in [-0.2, -0.15) is 12.5 Å². The molecule has 1 aromatic carbocycles. The second kappa shape index (κ2) is 10.3. The fourth-order valence-corrected chi connectivity index (χ4v) is 5.79. The third kappa shape index (κ3) is 4.46. The zero-order chi connectivity index (χ0) is 19.3. The van der Waals surface area contributed by atoms with Gasteiger partial charge in [-0.05, 0) is 37.1 Å². The standard InChI is InChI=1S/C23H28N2O3.Re.Rf.Rh/c1-24-20-6-4-3-5-18(20)19-9-10-25-13-15-7-8-17(28-22(26)14-27-2)11-16(15)12-21(25)23(19)24;;;/h3-6,11,14-17,21H,7-10,12-13H2,1-2H3;;;/q-2;;;/t15?,16?,17-,21?;;;/m0.../s1. The van der Waals surface area contributed by atoms with Gasteiger partial charge in [-0.25, -0.2) is 0 Å². The molecule has 1 saturated heterocycles. The smallest absolute Gasteiger partial charge is 0.188 e. The number of ether oxygens (including phenoxy) is 2. The number of benzene rings is 1. The first kappa shape index (κ1) is 25.6. The number of carbonyl (C=O) groups is 1. The summed E-state index contributed by atoms with van der Waals surface area (Å²) in [6, 6.07) is 9.24. The molecule has 5 nitrogen and oxygen atoms in total. The van der Waals surface area contributed by atoms with Gasteiger partial charge < -0.3 is 14.0 Å². The van der Waals surface area contributed by atoms with E-state index in [0.29, 0.717) is 17.9 Å². The monoisotopic (exact) mass is 937 g/mol. The molecular weight excluding hydrogens is 908 g/mol. The van der Waals surface area contributed by atoms with E-state index in [1.807, 2.05) is 0 Å². The molecular formula is C23H28N2O3ReRfRh-2. The SMILES string of the molecule is CO[CH-]C(=O)O[C@@H]1[CH-]C2CC3c4c(c5ccccc5n4C)CCN3CC2CC1.[Re].[Rf].[Rh]. The van der Waals surface area contributed by atoms with Crippen molar-refractivity contribution in [2.24, 2.45) is 18.9 Å². The van der Waals surface area contributed by atoms with Gasteiger partial charge in [0.1, 0.15) is 0 Å². The third-order valence-corrected chi connectivity index (χ3v) is 7.00. The van der Waals surface area contributed by atoms with Crippen LogP contribution in [0.15, 0.2) is 24.3 Å². The summed E-state index contributed by atoms with van der Waals surface area (Å²) in [5.41, 5.74) is 4.36. The molecule has 5 rings (SSSR count). The first-order valence-corrected chi connectivity index (χ1v) is 10.4. The molecule has 0 spiro atoms. The number of hydrogen-bond acceptors (Lipinski definition) is 4. The molecule has 1 aromatic heterocycles. The number of nitrogens with zero attached hydrogens (tertiary/aromatic N) is 2. The Labute approximate surface area is 205 Å². The Balaban J connectivity index is 0.00000114. The number of para-hydroxylation sites is 1. The number of aryl methyl sites for hydroxylation is 1. The summed E-state index contributed by atoms with van der Waals surface area (Å²) >= 11 is 0. The maximum Gasteiger partial charge on any atom is 0.188 e. The fraction of sp³-hybridized carbons (Fsp3) is 0.522. The van der Waals surface area contributed by atoms with Gasteiger partial charge in [0.05, 0.1) is 0 Å². The van der Waals surface area contributed by atoms with E-state index < -0.39 is 0 Å². The average molecular weight is 937 g/mol. The van der Waals surface area contributed by atoms with Crippen LogP contribution in [0.2, 0.25) is 0 Å². The summed E-state index contributed by atoms with van der Waals surface area (Å²) in [5, 5.41) is 1.41. The molecule has 1 saturated carbocycles. The summed E-state index contributed by atoms with van der Waals surface area (Å²) in [6.45, 7) is 3.44. The molecule has 0 bridgehead atoms. The number of piperidine rings is 1. The number of rotatable bonds is 3. The van der Waals surface area contributed by atoms with E-state index in [0.717, 1.165) is 45.4 Å². The van der Waals surface area contributed by atoms with E-state index in [2.05, 4.69) is 47.2 Å². The number of hydrogen-bond donors (Lipinski definition) is 0. The van der Waals surface area contributed by atoms with E-state index in [1.54, 1.807) is 0 Å². The van der Waals surface area contributed by atoms with Gasteiger partial charge in [0.15, 0.2) is 5.97 Å². The Hall–Kier alpha value is -1.69. The maximum atomic E-state index is 11.8. The zero-order valence-corrected chi connectivity index (χ0v) is 28.8. The number of esters is 1. The van der Waals surface area contributed by atoms with Crippen molar-refractivity contribution < 1.29 is 54.2 Å². The fourth-order valence-electron chi connectivity index (χ4n) is 5.79. The molecule has 3 aliphatic rings. The predicted molar refractivity (Wildman–Crippen MR) is 107 cm³/mol. The van der Waals surface area contributed by atoms with Gasteiger partial charge >= 0.3 is 0 Å². The summed E-state index contributed by atoms with van der Waals surface area (Å²) in [7, 11) is 3.69. The van der Waals surface area contributed by atoms with Crippen LogP contribution in [-0.4, -0.2) is 41.7 Å². The number of fused-ring (bicyclic) bond motifs is 6. The molecule has 2 fully saturated rings. The molecule has 31 heavy (non-hydrogen) atoms. The number of carbonyl (C=O) groups excluding carboxylic acids is 1. The second-order valence-corrected chi connectivity index (χ2v) is 8.46. The van der Waals surface area contributed by atoms with Gasteiger partial charge in [0, 0.05) is 83.2 Å². The predicted octanol–water partition coefficient (Wildman–Crippen LogP) is 3.43. The van der Waals surface area contributed by atoms with Crippen LogP contribution in [0.1, 0.15) is 36.6 Å². The van der Waals surface area contributed by atoms with Crippen LogP contribution in [0, 0.1) is 24.9 Å². The Bertz CT molecular complexity index is 908. The van der Waals surface area contributed by atoms with Crippen LogP contribution < -0.4 is 0 Å².